The fourth-order valence-electron chi connectivity index (χ4n) is 9.54. The maximum absolute atomic E-state index is 13.6. The predicted octanol–water partition coefficient (Wildman–Crippen LogP) is 11.3. The summed E-state index contributed by atoms with van der Waals surface area (Å²) in [6, 6.07) is 41.4. The zero-order chi connectivity index (χ0) is 46.3. The molecule has 11 heteroatoms. The van der Waals surface area contributed by atoms with Crippen LogP contribution in [0.15, 0.2) is 134 Å². The number of nitrogens with one attached hydrogen (secondary N) is 3. The van der Waals surface area contributed by atoms with Crippen LogP contribution in [0, 0.1) is 5.92 Å². The van der Waals surface area contributed by atoms with Crippen molar-refractivity contribution in [2.75, 3.05) is 19.7 Å². The summed E-state index contributed by atoms with van der Waals surface area (Å²) in [7, 11) is 0. The normalized spacial score (nSPS) is 14.3. The van der Waals surface area contributed by atoms with Gasteiger partial charge in [0.15, 0.2) is 0 Å². The molecule has 0 unspecified atom stereocenters. The van der Waals surface area contributed by atoms with Crippen LogP contribution < -0.4 is 5.32 Å². The third-order valence-electron chi connectivity index (χ3n) is 13.0. The van der Waals surface area contributed by atoms with Gasteiger partial charge in [0.1, 0.15) is 18.3 Å². The molecule has 0 bridgehead atoms. The monoisotopic (exact) mass is 893 g/mol. The molecule has 1 saturated heterocycles. The van der Waals surface area contributed by atoms with E-state index in [1.54, 1.807) is 0 Å². The van der Waals surface area contributed by atoms with Gasteiger partial charge in [-0.2, -0.15) is 0 Å². The number of aromatic amines is 2. The lowest BCUT2D eigenvalue weighted by molar-refractivity contribution is -0.133. The van der Waals surface area contributed by atoms with Crippen molar-refractivity contribution in [3.63, 3.8) is 0 Å². The van der Waals surface area contributed by atoms with Crippen LogP contribution in [0.25, 0.3) is 44.8 Å². The number of aryl methyl sites for hydroxylation is 1. The first-order valence-corrected chi connectivity index (χ1v) is 23.7. The Morgan fingerprint density at radius 3 is 2.00 bits per heavy atom. The number of alkyl carbamates (subject to hydrolysis) is 1. The van der Waals surface area contributed by atoms with E-state index < -0.39 is 6.09 Å². The Labute approximate surface area is 393 Å². The van der Waals surface area contributed by atoms with E-state index in [9.17, 15) is 14.4 Å². The number of fused-ring (bicyclic) bond motifs is 3. The molecule has 11 nitrogen and oxygen atoms in total. The van der Waals surface area contributed by atoms with Crippen LogP contribution in [-0.4, -0.2) is 67.3 Å². The molecule has 1 aliphatic heterocycles. The van der Waals surface area contributed by atoms with Crippen molar-refractivity contribution >= 4 is 17.9 Å². The standard InChI is InChI=1S/C56H59N7O4/c1-4-29-62(54(65)31-37(2)3)35-52-57-33-49(60-52)42-24-20-40(21-25-42)41-22-26-43(27-23-41)50-34-58-55(61-50)51-14-9-30-63(51)53(64)28-19-38-15-17-39(18-16-38)32-59-56(66)67-36-48-46-12-7-5-10-44(46)45-11-6-8-13-47(45)48/h5-8,10-13,15-18,20-27,33-34,37,48,51H,4,9,14,19,28-32,35-36H2,1-3H3,(H,57,60)(H,58,61)(H,59,66)/t51-/m0/s1. The van der Waals surface area contributed by atoms with Crippen molar-refractivity contribution in [3.8, 4) is 44.8 Å². The lowest BCUT2D eigenvalue weighted by atomic mass is 9.98. The van der Waals surface area contributed by atoms with Gasteiger partial charge >= 0.3 is 6.09 Å². The molecule has 0 spiro atoms. The van der Waals surface area contributed by atoms with E-state index in [1.165, 1.54) is 22.3 Å². The van der Waals surface area contributed by atoms with Gasteiger partial charge in [0.25, 0.3) is 0 Å². The molecule has 2 aromatic heterocycles. The minimum atomic E-state index is -0.443. The first kappa shape index (κ1) is 44.9. The summed E-state index contributed by atoms with van der Waals surface area (Å²) in [6.07, 6.45) is 7.55. The highest BCUT2D eigenvalue weighted by Crippen LogP contribution is 2.44. The molecule has 342 valence electrons. The van der Waals surface area contributed by atoms with Crippen LogP contribution in [0.5, 0.6) is 0 Å². The van der Waals surface area contributed by atoms with Crippen LogP contribution in [0.2, 0.25) is 0 Å². The summed E-state index contributed by atoms with van der Waals surface area (Å²) in [5.41, 5.74) is 12.9. The van der Waals surface area contributed by atoms with Gasteiger partial charge in [-0.25, -0.2) is 14.8 Å². The van der Waals surface area contributed by atoms with Crippen LogP contribution in [0.3, 0.4) is 0 Å². The van der Waals surface area contributed by atoms with E-state index in [4.69, 9.17) is 9.72 Å². The Bertz CT molecular complexity index is 2760. The molecule has 3 heterocycles. The molecule has 7 aromatic rings. The van der Waals surface area contributed by atoms with Gasteiger partial charge in [0.05, 0.1) is 36.4 Å². The Morgan fingerprint density at radius 2 is 1.36 bits per heavy atom. The van der Waals surface area contributed by atoms with E-state index in [0.29, 0.717) is 51.4 Å². The van der Waals surface area contributed by atoms with E-state index in [0.717, 1.165) is 75.7 Å². The molecule has 5 aromatic carbocycles. The number of imidazole rings is 2. The highest BCUT2D eigenvalue weighted by Gasteiger charge is 2.32. The van der Waals surface area contributed by atoms with Gasteiger partial charge in [-0.15, -0.1) is 0 Å². The number of carbonyl (C=O) groups excluding carboxylic acids is 3. The number of carbonyl (C=O) groups is 3. The fourth-order valence-corrected chi connectivity index (χ4v) is 9.54. The number of aromatic nitrogens is 4. The van der Waals surface area contributed by atoms with Crippen molar-refractivity contribution in [3.05, 3.63) is 168 Å². The molecular weight excluding hydrogens is 835 g/mol. The van der Waals surface area contributed by atoms with Gasteiger partial charge in [-0.05, 0) is 87.2 Å². The van der Waals surface area contributed by atoms with Gasteiger partial charge in [-0.3, -0.25) is 9.59 Å². The number of nitrogens with zero attached hydrogens (tertiary/aromatic N) is 4. The summed E-state index contributed by atoms with van der Waals surface area (Å²) >= 11 is 0. The number of H-pyrrole nitrogens is 2. The molecule has 1 atom stereocenters. The maximum Gasteiger partial charge on any atom is 0.407 e. The minimum Gasteiger partial charge on any atom is -0.449 e. The molecule has 1 fully saturated rings. The first-order valence-electron chi connectivity index (χ1n) is 23.7. The van der Waals surface area contributed by atoms with Crippen LogP contribution >= 0.6 is 0 Å². The van der Waals surface area contributed by atoms with E-state index in [-0.39, 0.29) is 30.4 Å². The molecule has 67 heavy (non-hydrogen) atoms. The average molecular weight is 894 g/mol. The first-order chi connectivity index (χ1) is 32.7. The molecule has 1 aliphatic carbocycles. The topological polar surface area (TPSA) is 136 Å². The molecule has 3 amide bonds. The van der Waals surface area contributed by atoms with Crippen LogP contribution in [0.4, 0.5) is 4.79 Å². The van der Waals surface area contributed by atoms with Crippen LogP contribution in [-0.2, 0) is 33.8 Å². The van der Waals surface area contributed by atoms with Crippen molar-refractivity contribution in [2.24, 2.45) is 5.92 Å². The second kappa shape index (κ2) is 20.5. The molecule has 0 saturated carbocycles. The molecule has 9 rings (SSSR count). The van der Waals surface area contributed by atoms with Crippen molar-refractivity contribution < 1.29 is 19.1 Å². The second-order valence-corrected chi connectivity index (χ2v) is 18.2. The number of hydrogen-bond acceptors (Lipinski definition) is 6. The van der Waals surface area contributed by atoms with Gasteiger partial charge in [0, 0.05) is 38.4 Å². The fraction of sp³-hybridized carbons (Fsp3) is 0.304. The minimum absolute atomic E-state index is 0.0155. The van der Waals surface area contributed by atoms with Crippen molar-refractivity contribution in [1.29, 1.82) is 0 Å². The van der Waals surface area contributed by atoms with E-state index in [1.807, 2.05) is 70.7 Å². The van der Waals surface area contributed by atoms with Gasteiger partial charge in [-0.1, -0.05) is 142 Å². The zero-order valence-electron chi connectivity index (χ0n) is 38.6. The zero-order valence-corrected chi connectivity index (χ0v) is 38.6. The van der Waals surface area contributed by atoms with Gasteiger partial charge < -0.3 is 29.8 Å². The number of ether oxygens (including phenoxy) is 1. The summed E-state index contributed by atoms with van der Waals surface area (Å²) in [5.74, 6) is 2.22. The SMILES string of the molecule is CCCN(Cc1ncc(-c2ccc(-c3ccc(-c4cnc([C@@H]5CCCN5C(=O)CCc5ccc(CNC(=O)OCC6c7ccccc7-c7ccccc76)cc5)[nH]4)cc3)cc2)[nH]1)C(=O)CC(C)C. The molecular formula is C56H59N7O4. The van der Waals surface area contributed by atoms with E-state index in [2.05, 4.69) is 114 Å². The third kappa shape index (κ3) is 10.4. The summed E-state index contributed by atoms with van der Waals surface area (Å²) in [6.45, 7) is 8.77. The van der Waals surface area contributed by atoms with Crippen molar-refractivity contribution in [2.45, 2.75) is 84.3 Å². The molecule has 0 radical (unpaired) electrons. The Balaban J connectivity index is 0.736. The number of hydrogen-bond donors (Lipinski definition) is 3. The largest absolute Gasteiger partial charge is 0.449 e. The predicted molar refractivity (Wildman–Crippen MR) is 263 cm³/mol. The lowest BCUT2D eigenvalue weighted by Gasteiger charge is -2.23. The highest BCUT2D eigenvalue weighted by molar-refractivity contribution is 5.80. The number of amides is 3. The summed E-state index contributed by atoms with van der Waals surface area (Å²) in [5, 5.41) is 2.90. The van der Waals surface area contributed by atoms with Crippen molar-refractivity contribution in [1.82, 2.24) is 35.1 Å². The quantitative estimate of drug-likeness (QED) is 0.0833. The smallest absolute Gasteiger partial charge is 0.407 e. The highest BCUT2D eigenvalue weighted by atomic mass is 16.5. The average Bonchev–Trinajstić information content (AvgIpc) is 4.19. The molecule has 2 aliphatic rings. The third-order valence-corrected chi connectivity index (χ3v) is 13.0. The molecule has 3 N–H and O–H groups in total. The number of rotatable bonds is 17. The van der Waals surface area contributed by atoms with Crippen LogP contribution in [0.1, 0.15) is 98.7 Å². The Hall–Kier alpha value is -7.27. The van der Waals surface area contributed by atoms with E-state index >= 15 is 0 Å². The Kier molecular flexibility index (Phi) is 13.7. The summed E-state index contributed by atoms with van der Waals surface area (Å²) in [4.78, 5) is 59.3. The number of benzene rings is 5. The second-order valence-electron chi connectivity index (χ2n) is 18.2. The number of likely N-dealkylation sites (tertiary alicyclic amines) is 1. The maximum atomic E-state index is 13.6. The van der Waals surface area contributed by atoms with Gasteiger partial charge in [0.2, 0.25) is 11.8 Å². The summed E-state index contributed by atoms with van der Waals surface area (Å²) < 4.78 is 5.71. The Morgan fingerprint density at radius 1 is 0.761 bits per heavy atom. The lowest BCUT2D eigenvalue weighted by Crippen LogP contribution is -2.32.